The summed E-state index contributed by atoms with van der Waals surface area (Å²) >= 11 is -0.191. The van der Waals surface area contributed by atoms with Gasteiger partial charge in [-0.2, -0.15) is 4.57 Å². The summed E-state index contributed by atoms with van der Waals surface area (Å²) < 4.78 is 11.2. The molecular weight excluding hydrogens is 397 g/mol. The number of hydrogen-bond acceptors (Lipinski definition) is 1. The molecule has 0 aliphatic heterocycles. The van der Waals surface area contributed by atoms with Gasteiger partial charge in [-0.05, 0) is 24.3 Å². The highest BCUT2D eigenvalue weighted by molar-refractivity contribution is 5.56. The first kappa shape index (κ1) is 15.7. The lowest BCUT2D eigenvalue weighted by molar-refractivity contribution is -0.602. The minimum absolute atomic E-state index is 0.191. The van der Waals surface area contributed by atoms with Crippen LogP contribution in [0.4, 0.5) is 0 Å². The summed E-state index contributed by atoms with van der Waals surface area (Å²) in [6.45, 7) is 0. The Morgan fingerprint density at radius 1 is 0.870 bits per heavy atom. The van der Waals surface area contributed by atoms with Gasteiger partial charge in [-0.3, -0.25) is 0 Å². The average Bonchev–Trinajstić information content (AvgIpc) is 2.64. The topological polar surface area (TPSA) is 13.1 Å². The number of pyridine rings is 1. The van der Waals surface area contributed by atoms with Crippen LogP contribution in [0.25, 0.3) is 5.70 Å². The van der Waals surface area contributed by atoms with Gasteiger partial charge in [0.05, 0.1) is 12.7 Å². The fourth-order valence-electron chi connectivity index (χ4n) is 2.19. The predicted molar refractivity (Wildman–Crippen MR) is 88.1 cm³/mol. The highest BCUT2D eigenvalue weighted by Gasteiger charge is 2.19. The first-order chi connectivity index (χ1) is 11.4. The number of ether oxygens (including phenoxy) is 1. The molecule has 0 aliphatic rings. The molecule has 0 radical (unpaired) electrons. The highest BCUT2D eigenvalue weighted by atomic mass is 127. The van der Waals surface area contributed by atoms with Crippen molar-refractivity contribution in [1.82, 2.24) is 0 Å². The normalized spacial score (nSPS) is 11.3. The zero-order valence-corrected chi connectivity index (χ0v) is 15.1. The highest BCUT2D eigenvalue weighted by Crippen LogP contribution is 2.11. The smallest absolute Gasteiger partial charge is 0.356 e. The second-order valence-electron chi connectivity index (χ2n) is 4.91. The molecule has 0 bridgehead atoms. The van der Waals surface area contributed by atoms with Crippen LogP contribution in [-0.4, -0.2) is 7.11 Å². The van der Waals surface area contributed by atoms with Crippen LogP contribution >= 0.6 is 0 Å². The number of benzene rings is 2. The first-order valence-corrected chi connectivity index (χ1v) is 9.69. The molecular formula is C20H18INO+2. The number of hydrogen-bond donors (Lipinski definition) is 0. The fourth-order valence-corrected chi connectivity index (χ4v) is 4.36. The van der Waals surface area contributed by atoms with Crippen molar-refractivity contribution in [3.63, 3.8) is 0 Å². The van der Waals surface area contributed by atoms with E-state index >= 15 is 0 Å². The molecule has 0 atom stereocenters. The Morgan fingerprint density at radius 2 is 1.48 bits per heavy atom. The van der Waals surface area contributed by atoms with E-state index in [1.807, 2.05) is 30.6 Å². The molecule has 2 aromatic carbocycles. The van der Waals surface area contributed by atoms with Crippen LogP contribution < -0.4 is 30.5 Å². The van der Waals surface area contributed by atoms with Crippen LogP contribution in [0.5, 0.6) is 5.75 Å². The summed E-state index contributed by atoms with van der Waals surface area (Å²) in [4.78, 5) is 0. The summed E-state index contributed by atoms with van der Waals surface area (Å²) in [5, 5.41) is 0. The van der Waals surface area contributed by atoms with Crippen molar-refractivity contribution in [3.05, 3.63) is 98.4 Å². The maximum atomic E-state index is 5.26. The van der Waals surface area contributed by atoms with Gasteiger partial charge >= 0.3 is 21.2 Å². The second kappa shape index (κ2) is 7.92. The third-order valence-corrected chi connectivity index (χ3v) is 5.74. The molecule has 1 heterocycles. The Balaban J connectivity index is 1.96. The van der Waals surface area contributed by atoms with Gasteiger partial charge in [-0.15, -0.1) is 0 Å². The molecule has 23 heavy (non-hydrogen) atoms. The quantitative estimate of drug-likeness (QED) is 0.444. The molecule has 0 unspecified atom stereocenters. The number of rotatable bonds is 5. The Kier molecular flexibility index (Phi) is 5.42. The average molecular weight is 415 g/mol. The van der Waals surface area contributed by atoms with Crippen LogP contribution in [0.1, 0.15) is 5.56 Å². The Labute approximate surface area is 147 Å². The van der Waals surface area contributed by atoms with E-state index in [0.717, 1.165) is 5.75 Å². The van der Waals surface area contributed by atoms with E-state index in [1.165, 1.54) is 14.8 Å². The van der Waals surface area contributed by atoms with E-state index < -0.39 is 0 Å². The van der Waals surface area contributed by atoms with E-state index in [1.54, 1.807) is 7.11 Å². The van der Waals surface area contributed by atoms with Crippen molar-refractivity contribution in [2.75, 3.05) is 7.11 Å². The third-order valence-electron chi connectivity index (χ3n) is 3.40. The fraction of sp³-hybridized carbons (Fsp3) is 0.0500. The van der Waals surface area contributed by atoms with Gasteiger partial charge in [0.1, 0.15) is 5.75 Å². The maximum absolute atomic E-state index is 5.26. The lowest BCUT2D eigenvalue weighted by atomic mass is 10.2. The van der Waals surface area contributed by atoms with E-state index in [2.05, 4.69) is 63.2 Å². The van der Waals surface area contributed by atoms with Gasteiger partial charge in [0, 0.05) is 12.1 Å². The molecule has 0 aliphatic carbocycles. The molecule has 0 N–H and O–H groups in total. The van der Waals surface area contributed by atoms with Crippen molar-refractivity contribution in [3.8, 4) is 5.75 Å². The summed E-state index contributed by atoms with van der Waals surface area (Å²) in [6.07, 6.45) is 4.10. The number of methoxy groups -OCH3 is 1. The van der Waals surface area contributed by atoms with Crippen molar-refractivity contribution in [2.45, 2.75) is 0 Å². The molecule has 0 amide bonds. The van der Waals surface area contributed by atoms with Gasteiger partial charge in [-0.25, -0.2) is 0 Å². The molecule has 2 nitrogen and oxygen atoms in total. The SMILES string of the molecule is COc1cc[n+](/C(=C/[I+]c2ccccc2)c2ccccc2)cc1. The standard InChI is InChI=1S/C20H18INO/c1-23-19-12-14-22(15-13-19)20(17-8-4-2-5-9-17)16-21-18-10-6-3-7-11-18/h2-16H,1H3/q+2/b20-16+. The van der Waals surface area contributed by atoms with Crippen LogP contribution in [0.3, 0.4) is 0 Å². The molecule has 3 aromatic rings. The molecule has 0 fully saturated rings. The van der Waals surface area contributed by atoms with Crippen LogP contribution in [0.15, 0.2) is 89.3 Å². The van der Waals surface area contributed by atoms with Crippen molar-refractivity contribution in [2.24, 2.45) is 0 Å². The van der Waals surface area contributed by atoms with E-state index in [9.17, 15) is 0 Å². The summed E-state index contributed by atoms with van der Waals surface area (Å²) in [5.74, 6) is 0.867. The van der Waals surface area contributed by atoms with Gasteiger partial charge in [-0.1, -0.05) is 36.4 Å². The van der Waals surface area contributed by atoms with Crippen molar-refractivity contribution >= 4 is 5.70 Å². The number of halogens is 1. The Hall–Kier alpha value is -2.14. The zero-order valence-electron chi connectivity index (χ0n) is 12.9. The molecule has 0 saturated heterocycles. The molecule has 3 heteroatoms. The lowest BCUT2D eigenvalue weighted by Crippen LogP contribution is -3.59. The summed E-state index contributed by atoms with van der Waals surface area (Å²) in [5.41, 5.74) is 2.43. The van der Waals surface area contributed by atoms with Crippen LogP contribution in [-0.2, 0) is 0 Å². The molecule has 1 aromatic heterocycles. The monoisotopic (exact) mass is 415 g/mol. The Bertz CT molecular complexity index is 768. The van der Waals surface area contributed by atoms with Crippen molar-refractivity contribution < 1.29 is 30.5 Å². The number of nitrogens with zero attached hydrogens (tertiary/aromatic N) is 1. The van der Waals surface area contributed by atoms with E-state index in [0.29, 0.717) is 0 Å². The minimum atomic E-state index is -0.191. The van der Waals surface area contributed by atoms with Crippen LogP contribution in [0, 0.1) is 3.57 Å². The van der Waals surface area contributed by atoms with Crippen LogP contribution in [0.2, 0.25) is 0 Å². The number of aromatic nitrogens is 1. The largest absolute Gasteiger partial charge is 0.496 e. The summed E-state index contributed by atoms with van der Waals surface area (Å²) in [6, 6.07) is 25.1. The van der Waals surface area contributed by atoms with Gasteiger partial charge < -0.3 is 4.74 Å². The van der Waals surface area contributed by atoms with Crippen molar-refractivity contribution in [1.29, 1.82) is 0 Å². The van der Waals surface area contributed by atoms with Gasteiger partial charge in [0.25, 0.3) is 5.70 Å². The molecule has 3 rings (SSSR count). The van der Waals surface area contributed by atoms with Gasteiger partial charge in [0.2, 0.25) is 4.08 Å². The molecule has 0 spiro atoms. The van der Waals surface area contributed by atoms with E-state index in [4.69, 9.17) is 4.74 Å². The molecule has 114 valence electrons. The Morgan fingerprint density at radius 3 is 2.09 bits per heavy atom. The third kappa shape index (κ3) is 4.20. The first-order valence-electron chi connectivity index (χ1n) is 7.36. The summed E-state index contributed by atoms with van der Waals surface area (Å²) in [7, 11) is 1.69. The molecule has 0 saturated carbocycles. The maximum Gasteiger partial charge on any atom is 0.356 e. The minimum Gasteiger partial charge on any atom is -0.496 e. The zero-order chi connectivity index (χ0) is 15.9. The van der Waals surface area contributed by atoms with Gasteiger partial charge in [0.15, 0.2) is 16.0 Å². The second-order valence-corrected chi connectivity index (χ2v) is 7.40. The lowest BCUT2D eigenvalue weighted by Gasteiger charge is -2.01. The van der Waals surface area contributed by atoms with E-state index in [-0.39, 0.29) is 21.2 Å². The predicted octanol–water partition coefficient (Wildman–Crippen LogP) is 0.788.